The number of hydrogen-bond donors (Lipinski definition) is 0. The van der Waals surface area contributed by atoms with E-state index in [4.69, 9.17) is 4.74 Å². The Hall–Kier alpha value is -0.160. The number of nitrogens with zero attached hydrogens (tertiary/aromatic N) is 2. The van der Waals surface area contributed by atoms with Crippen LogP contribution in [0.4, 0.5) is 0 Å². The zero-order chi connectivity index (χ0) is 13.7. The van der Waals surface area contributed by atoms with E-state index in [0.29, 0.717) is 24.9 Å². The van der Waals surface area contributed by atoms with Gasteiger partial charge >= 0.3 is 0 Å². The van der Waals surface area contributed by atoms with Crippen LogP contribution in [0.25, 0.3) is 0 Å². The highest BCUT2D eigenvalue weighted by molar-refractivity contribution is 4.72. The molecule has 2 fully saturated rings. The van der Waals surface area contributed by atoms with E-state index in [9.17, 15) is 5.11 Å². The van der Waals surface area contributed by atoms with E-state index < -0.39 is 6.29 Å². The molecule has 1 atom stereocenters. The predicted molar refractivity (Wildman–Crippen MR) is 75.5 cm³/mol. The Morgan fingerprint density at radius 2 is 1.42 bits per heavy atom. The number of ether oxygens (including phenoxy) is 1. The van der Waals surface area contributed by atoms with Crippen LogP contribution in [0.15, 0.2) is 0 Å². The Morgan fingerprint density at radius 3 is 1.95 bits per heavy atom. The predicted octanol–water partition coefficient (Wildman–Crippen LogP) is 1.83. The molecule has 2 aliphatic rings. The summed E-state index contributed by atoms with van der Waals surface area (Å²) >= 11 is 0. The zero-order valence-corrected chi connectivity index (χ0v) is 12.5. The van der Waals surface area contributed by atoms with E-state index in [-0.39, 0.29) is 0 Å². The van der Waals surface area contributed by atoms with Crippen molar-refractivity contribution < 1.29 is 9.84 Å². The molecule has 0 aromatic heterocycles. The third-order valence-corrected chi connectivity index (χ3v) is 4.72. The molecule has 2 saturated heterocycles. The Bertz CT molecular complexity index is 247. The van der Waals surface area contributed by atoms with Crippen molar-refractivity contribution in [2.45, 2.75) is 38.4 Å². The van der Waals surface area contributed by atoms with Gasteiger partial charge in [0.15, 0.2) is 6.29 Å². The summed E-state index contributed by atoms with van der Waals surface area (Å²) in [6, 6.07) is 0. The van der Waals surface area contributed by atoms with Gasteiger partial charge in [0.1, 0.15) is 0 Å². The summed E-state index contributed by atoms with van der Waals surface area (Å²) in [5, 5.41) is 11.9. The van der Waals surface area contributed by atoms with E-state index >= 15 is 0 Å². The van der Waals surface area contributed by atoms with Crippen molar-refractivity contribution in [2.24, 2.45) is 11.8 Å². The Kier molecular flexibility index (Phi) is 6.07. The van der Waals surface area contributed by atoms with Crippen molar-refractivity contribution in [3.63, 3.8) is 0 Å². The maximum absolute atomic E-state index is 11.9. The lowest BCUT2D eigenvalue weighted by Gasteiger charge is -2.31. The fourth-order valence-electron chi connectivity index (χ4n) is 3.11. The van der Waals surface area contributed by atoms with Crippen molar-refractivity contribution >= 4 is 0 Å². The van der Waals surface area contributed by atoms with Gasteiger partial charge in [0.2, 0.25) is 0 Å². The minimum absolute atomic E-state index is 0.580. The van der Waals surface area contributed by atoms with Crippen LogP contribution in [0.2, 0.25) is 0 Å². The first-order valence-electron chi connectivity index (χ1n) is 7.78. The average Bonchev–Trinajstić information content (AvgIpc) is 2.41. The van der Waals surface area contributed by atoms with E-state index in [1.54, 1.807) is 0 Å². The zero-order valence-electron chi connectivity index (χ0n) is 12.5. The molecule has 0 bridgehead atoms. The lowest BCUT2D eigenvalue weighted by Crippen LogP contribution is -2.34. The van der Waals surface area contributed by atoms with Crippen molar-refractivity contribution in [1.82, 2.24) is 9.80 Å². The van der Waals surface area contributed by atoms with Crippen molar-refractivity contribution in [3.05, 3.63) is 0 Å². The van der Waals surface area contributed by atoms with Gasteiger partial charge in [-0.15, -0.1) is 0 Å². The molecule has 0 amide bonds. The van der Waals surface area contributed by atoms with Crippen molar-refractivity contribution in [1.29, 1.82) is 0 Å². The molecule has 0 aromatic carbocycles. The van der Waals surface area contributed by atoms with Crippen molar-refractivity contribution in [2.75, 3.05) is 46.9 Å². The molecule has 4 nitrogen and oxygen atoms in total. The van der Waals surface area contributed by atoms with Gasteiger partial charge in [-0.1, -0.05) is 0 Å². The summed E-state index contributed by atoms with van der Waals surface area (Å²) in [7, 11) is 4.31. The normalized spacial score (nSPS) is 26.7. The molecule has 0 saturated carbocycles. The minimum Gasteiger partial charge on any atom is -0.349 e. The Labute approximate surface area is 117 Å². The molecule has 0 N–H and O–H groups in total. The summed E-state index contributed by atoms with van der Waals surface area (Å²) in [6.07, 6.45) is 4.59. The van der Waals surface area contributed by atoms with Gasteiger partial charge in [-0.2, -0.15) is 0 Å². The maximum atomic E-state index is 11.9. The van der Waals surface area contributed by atoms with Crippen LogP contribution in [0, 0.1) is 11.8 Å². The molecule has 0 spiro atoms. The van der Waals surface area contributed by atoms with Crippen LogP contribution in [0.1, 0.15) is 32.1 Å². The van der Waals surface area contributed by atoms with Crippen LogP contribution < -0.4 is 0 Å². The average molecular weight is 269 g/mol. The highest BCUT2D eigenvalue weighted by Gasteiger charge is 2.23. The van der Waals surface area contributed by atoms with E-state index in [0.717, 1.165) is 39.0 Å². The number of hydrogen-bond acceptors (Lipinski definition) is 3. The third-order valence-electron chi connectivity index (χ3n) is 4.72. The van der Waals surface area contributed by atoms with Gasteiger partial charge in [-0.05, 0) is 77.8 Å². The fourth-order valence-corrected chi connectivity index (χ4v) is 3.11. The van der Waals surface area contributed by atoms with E-state index in [1.807, 2.05) is 0 Å². The first-order valence-corrected chi connectivity index (χ1v) is 7.78. The lowest BCUT2D eigenvalue weighted by molar-refractivity contribution is -0.162. The van der Waals surface area contributed by atoms with Crippen LogP contribution >= 0.6 is 0 Å². The second-order valence-corrected chi connectivity index (χ2v) is 6.49. The molecule has 2 aliphatic heterocycles. The standard InChI is InChI=1S/C15H29N2O2/c1-16-7-3-13(4-8-16)11-15(18)19-12-14-5-9-17(2)10-6-14/h13-15H,3-12H2,1-2H3. The topological polar surface area (TPSA) is 35.6 Å². The second-order valence-electron chi connectivity index (χ2n) is 6.49. The fraction of sp³-hybridized carbons (Fsp3) is 1.00. The van der Waals surface area contributed by atoms with E-state index in [1.165, 1.54) is 12.8 Å². The van der Waals surface area contributed by atoms with Crippen LogP contribution in [0.5, 0.6) is 0 Å². The molecule has 4 heteroatoms. The monoisotopic (exact) mass is 269 g/mol. The van der Waals surface area contributed by atoms with Crippen LogP contribution in [-0.2, 0) is 9.84 Å². The summed E-state index contributed by atoms with van der Waals surface area (Å²) in [6.45, 7) is 5.23. The summed E-state index contributed by atoms with van der Waals surface area (Å²) in [5.74, 6) is 1.18. The van der Waals surface area contributed by atoms with Crippen LogP contribution in [-0.4, -0.2) is 63.0 Å². The van der Waals surface area contributed by atoms with E-state index in [2.05, 4.69) is 23.9 Å². The smallest absolute Gasteiger partial charge is 0.191 e. The second kappa shape index (κ2) is 7.58. The van der Waals surface area contributed by atoms with Gasteiger partial charge in [-0.25, -0.2) is 5.11 Å². The van der Waals surface area contributed by atoms with Gasteiger partial charge in [0, 0.05) is 6.42 Å². The molecule has 1 unspecified atom stereocenters. The molecule has 1 radical (unpaired) electrons. The van der Waals surface area contributed by atoms with Gasteiger partial charge < -0.3 is 14.5 Å². The highest BCUT2D eigenvalue weighted by Crippen LogP contribution is 2.23. The minimum atomic E-state index is -0.798. The Morgan fingerprint density at radius 1 is 0.947 bits per heavy atom. The number of rotatable bonds is 5. The molecule has 2 rings (SSSR count). The molecule has 111 valence electrons. The van der Waals surface area contributed by atoms with Gasteiger partial charge in [0.25, 0.3) is 0 Å². The quantitative estimate of drug-likeness (QED) is 0.714. The maximum Gasteiger partial charge on any atom is 0.191 e. The molecule has 19 heavy (non-hydrogen) atoms. The molecular formula is C15H29N2O2. The summed E-state index contributed by atoms with van der Waals surface area (Å²) in [4.78, 5) is 4.69. The summed E-state index contributed by atoms with van der Waals surface area (Å²) < 4.78 is 5.56. The molecule has 0 aromatic rings. The largest absolute Gasteiger partial charge is 0.349 e. The van der Waals surface area contributed by atoms with Gasteiger partial charge in [0.05, 0.1) is 6.61 Å². The van der Waals surface area contributed by atoms with Crippen molar-refractivity contribution in [3.8, 4) is 0 Å². The first-order chi connectivity index (χ1) is 9.13. The Balaban J connectivity index is 1.58. The SMILES string of the molecule is CN1CCC(COC([O])CC2CCN(C)CC2)CC1. The number of likely N-dealkylation sites (tertiary alicyclic amines) is 2. The van der Waals surface area contributed by atoms with Gasteiger partial charge in [-0.3, -0.25) is 0 Å². The molecule has 0 aliphatic carbocycles. The lowest BCUT2D eigenvalue weighted by atomic mass is 9.93. The molecule has 2 heterocycles. The highest BCUT2D eigenvalue weighted by atomic mass is 16.6. The molecular weight excluding hydrogens is 240 g/mol. The first kappa shape index (κ1) is 15.2. The number of piperidine rings is 2. The van der Waals surface area contributed by atoms with Crippen LogP contribution in [0.3, 0.4) is 0 Å². The third kappa shape index (κ3) is 5.38. The summed E-state index contributed by atoms with van der Waals surface area (Å²) in [5.41, 5.74) is 0.